The predicted octanol–water partition coefficient (Wildman–Crippen LogP) is 3.92. The molecule has 1 aromatic rings. The van der Waals surface area contributed by atoms with Gasteiger partial charge in [0, 0.05) is 0 Å². The highest BCUT2D eigenvalue weighted by Gasteiger charge is 2.10. The van der Waals surface area contributed by atoms with Gasteiger partial charge in [-0.25, -0.2) is 0 Å². The summed E-state index contributed by atoms with van der Waals surface area (Å²) < 4.78 is 6.09. The third-order valence-corrected chi connectivity index (χ3v) is 5.59. The second-order valence-electron chi connectivity index (χ2n) is 4.13. The van der Waals surface area contributed by atoms with E-state index >= 15 is 0 Å². The minimum Gasteiger partial charge on any atom is -0.546 e. The van der Waals surface area contributed by atoms with Gasteiger partial charge in [0.1, 0.15) is 5.75 Å². The van der Waals surface area contributed by atoms with E-state index in [1.165, 1.54) is 30.5 Å². The van der Waals surface area contributed by atoms with Gasteiger partial charge in [0.25, 0.3) is 0 Å². The Kier molecular flexibility index (Phi) is 5.47. The molecule has 1 nitrogen and oxygen atoms in total. The number of aryl methyl sites for hydroxylation is 1. The lowest BCUT2D eigenvalue weighted by atomic mass is 10.2. The smallest absolute Gasteiger partial charge is 0.235 e. The zero-order valence-corrected chi connectivity index (χ0v) is 11.3. The fraction of sp³-hybridized carbons (Fsp3) is 0.538. The van der Waals surface area contributed by atoms with Gasteiger partial charge in [0.15, 0.2) is 0 Å². The van der Waals surface area contributed by atoms with Crippen molar-refractivity contribution in [2.24, 2.45) is 0 Å². The van der Waals surface area contributed by atoms with E-state index in [2.05, 4.69) is 45.0 Å². The Morgan fingerprint density at radius 2 is 1.53 bits per heavy atom. The van der Waals surface area contributed by atoms with Crippen molar-refractivity contribution in [3.63, 3.8) is 0 Å². The Labute approximate surface area is 95.2 Å². The first kappa shape index (κ1) is 12.3. The van der Waals surface area contributed by atoms with Crippen LogP contribution in [0.3, 0.4) is 0 Å². The second kappa shape index (κ2) is 6.67. The van der Waals surface area contributed by atoms with E-state index in [4.69, 9.17) is 4.43 Å². The molecule has 0 saturated carbocycles. The molecule has 0 fully saturated rings. The van der Waals surface area contributed by atoms with Crippen LogP contribution in [-0.4, -0.2) is 9.04 Å². The van der Waals surface area contributed by atoms with E-state index in [-0.39, 0.29) is 0 Å². The summed E-state index contributed by atoms with van der Waals surface area (Å²) in [7, 11) is -0.976. The number of hydrogen-bond donors (Lipinski definition) is 0. The van der Waals surface area contributed by atoms with Crippen LogP contribution < -0.4 is 4.43 Å². The average Bonchev–Trinajstić information content (AvgIpc) is 2.22. The fourth-order valence-electron chi connectivity index (χ4n) is 1.72. The molecule has 84 valence electrons. The molecule has 0 aromatic heterocycles. The van der Waals surface area contributed by atoms with Crippen LogP contribution in [0.25, 0.3) is 0 Å². The quantitative estimate of drug-likeness (QED) is 0.663. The van der Waals surface area contributed by atoms with E-state index in [9.17, 15) is 0 Å². The van der Waals surface area contributed by atoms with Crippen LogP contribution in [0.1, 0.15) is 32.3 Å². The van der Waals surface area contributed by atoms with E-state index in [1.54, 1.807) is 0 Å². The van der Waals surface area contributed by atoms with Crippen molar-refractivity contribution >= 4 is 9.04 Å². The summed E-state index contributed by atoms with van der Waals surface area (Å²) in [6.07, 6.45) is 2.51. The Bertz CT molecular complexity index is 262. The third kappa shape index (κ3) is 4.52. The van der Waals surface area contributed by atoms with Gasteiger partial charge in [0.05, 0.1) is 0 Å². The Balaban J connectivity index is 2.53. The van der Waals surface area contributed by atoms with Crippen molar-refractivity contribution in [3.8, 4) is 5.75 Å². The molecule has 0 aliphatic rings. The van der Waals surface area contributed by atoms with Crippen LogP contribution in [0.2, 0.25) is 12.1 Å². The molecule has 1 rings (SSSR count). The van der Waals surface area contributed by atoms with Crippen molar-refractivity contribution in [1.29, 1.82) is 0 Å². The van der Waals surface area contributed by atoms with Crippen LogP contribution in [0.15, 0.2) is 24.3 Å². The Morgan fingerprint density at radius 3 is 2.00 bits per heavy atom. The molecule has 0 radical (unpaired) electrons. The second-order valence-corrected chi connectivity index (χ2v) is 6.76. The standard InChI is InChI=1S/C13H22OSi/c1-4-10-15(11-5-2)14-13-8-6-12(3)7-9-13/h6-9,15H,4-5,10-11H2,1-3H3. The molecule has 0 bridgehead atoms. The molecule has 0 amide bonds. The first-order valence-corrected chi connectivity index (χ1v) is 8.10. The van der Waals surface area contributed by atoms with Crippen LogP contribution in [0.4, 0.5) is 0 Å². The summed E-state index contributed by atoms with van der Waals surface area (Å²) in [6.45, 7) is 6.60. The topological polar surface area (TPSA) is 9.23 Å². The lowest BCUT2D eigenvalue weighted by Crippen LogP contribution is -2.20. The summed E-state index contributed by atoms with van der Waals surface area (Å²) in [5.41, 5.74) is 1.30. The molecular formula is C13H22OSi. The van der Waals surface area contributed by atoms with E-state index in [1.807, 2.05) is 0 Å². The van der Waals surface area contributed by atoms with E-state index in [0.29, 0.717) is 0 Å². The SMILES string of the molecule is CCC[SiH](CCC)Oc1ccc(C)cc1. The molecule has 2 heteroatoms. The zero-order valence-electron chi connectivity index (χ0n) is 10.1. The van der Waals surface area contributed by atoms with Gasteiger partial charge in [-0.3, -0.25) is 0 Å². The molecule has 0 aliphatic carbocycles. The highest BCUT2D eigenvalue weighted by Crippen LogP contribution is 2.16. The van der Waals surface area contributed by atoms with Gasteiger partial charge in [-0.2, -0.15) is 0 Å². The van der Waals surface area contributed by atoms with Crippen molar-refractivity contribution in [1.82, 2.24) is 0 Å². The minimum atomic E-state index is -0.976. The van der Waals surface area contributed by atoms with Crippen molar-refractivity contribution in [2.75, 3.05) is 0 Å². The molecule has 0 saturated heterocycles. The van der Waals surface area contributed by atoms with Crippen LogP contribution >= 0.6 is 0 Å². The maximum atomic E-state index is 6.09. The number of rotatable bonds is 6. The van der Waals surface area contributed by atoms with Crippen LogP contribution in [0.5, 0.6) is 5.75 Å². The first-order chi connectivity index (χ1) is 7.26. The molecule has 1 aromatic carbocycles. The van der Waals surface area contributed by atoms with Gasteiger partial charge in [-0.05, 0) is 31.1 Å². The Hall–Kier alpha value is -0.763. The molecule has 0 N–H and O–H groups in total. The van der Waals surface area contributed by atoms with Gasteiger partial charge in [0.2, 0.25) is 9.04 Å². The monoisotopic (exact) mass is 222 g/mol. The molecule has 0 spiro atoms. The summed E-state index contributed by atoms with van der Waals surface area (Å²) in [4.78, 5) is 0. The van der Waals surface area contributed by atoms with Crippen LogP contribution in [0, 0.1) is 6.92 Å². The number of benzene rings is 1. The Morgan fingerprint density at radius 1 is 1.00 bits per heavy atom. The van der Waals surface area contributed by atoms with Crippen molar-refractivity contribution in [2.45, 2.75) is 45.7 Å². The largest absolute Gasteiger partial charge is 0.546 e. The fourth-order valence-corrected chi connectivity index (χ4v) is 4.07. The molecule has 0 unspecified atom stereocenters. The van der Waals surface area contributed by atoms with Gasteiger partial charge in [-0.1, -0.05) is 44.4 Å². The maximum absolute atomic E-state index is 6.09. The average molecular weight is 222 g/mol. The molecule has 0 atom stereocenters. The molecular weight excluding hydrogens is 200 g/mol. The van der Waals surface area contributed by atoms with Crippen LogP contribution in [-0.2, 0) is 0 Å². The summed E-state index contributed by atoms with van der Waals surface area (Å²) in [5.74, 6) is 1.07. The highest BCUT2D eigenvalue weighted by molar-refractivity contribution is 6.52. The molecule has 0 aliphatic heterocycles. The summed E-state index contributed by atoms with van der Waals surface area (Å²) in [6, 6.07) is 11.0. The highest BCUT2D eigenvalue weighted by atomic mass is 28.3. The molecule has 15 heavy (non-hydrogen) atoms. The lowest BCUT2D eigenvalue weighted by molar-refractivity contribution is 0.558. The van der Waals surface area contributed by atoms with Crippen molar-refractivity contribution in [3.05, 3.63) is 29.8 Å². The third-order valence-electron chi connectivity index (χ3n) is 2.55. The van der Waals surface area contributed by atoms with Gasteiger partial charge in [-0.15, -0.1) is 0 Å². The first-order valence-electron chi connectivity index (χ1n) is 5.99. The summed E-state index contributed by atoms with van der Waals surface area (Å²) in [5, 5.41) is 0. The van der Waals surface area contributed by atoms with Gasteiger partial charge < -0.3 is 4.43 Å². The van der Waals surface area contributed by atoms with Gasteiger partial charge >= 0.3 is 0 Å². The maximum Gasteiger partial charge on any atom is 0.235 e. The van der Waals surface area contributed by atoms with Crippen molar-refractivity contribution < 1.29 is 4.43 Å². The lowest BCUT2D eigenvalue weighted by Gasteiger charge is -2.16. The summed E-state index contributed by atoms with van der Waals surface area (Å²) >= 11 is 0. The predicted molar refractivity (Wildman–Crippen MR) is 69.2 cm³/mol. The minimum absolute atomic E-state index is 0.976. The normalized spacial score (nSPS) is 10.7. The van der Waals surface area contributed by atoms with E-state index < -0.39 is 9.04 Å². The number of hydrogen-bond acceptors (Lipinski definition) is 1. The molecule has 0 heterocycles. The zero-order chi connectivity index (χ0) is 11.1. The van der Waals surface area contributed by atoms with E-state index in [0.717, 1.165) is 5.75 Å².